The van der Waals surface area contributed by atoms with Crippen molar-refractivity contribution in [3.63, 3.8) is 0 Å². The van der Waals surface area contributed by atoms with E-state index in [-0.39, 0.29) is 5.41 Å². The molecule has 0 unspecified atom stereocenters. The number of carboxylic acids is 1. The van der Waals surface area contributed by atoms with Crippen molar-refractivity contribution in [1.29, 1.82) is 0 Å². The van der Waals surface area contributed by atoms with Crippen LogP contribution in [-0.2, 0) is 4.79 Å². The summed E-state index contributed by atoms with van der Waals surface area (Å²) in [4.78, 5) is 11.3. The second kappa shape index (κ2) is 4.21. The SMILES string of the molecule is CC1(C)C=CC(c2ccccc2)=C(C(=O)O)C1. The van der Waals surface area contributed by atoms with E-state index in [2.05, 4.69) is 6.08 Å². The molecule has 0 aromatic heterocycles. The number of rotatable bonds is 2. The number of aliphatic carboxylic acids is 1. The van der Waals surface area contributed by atoms with Crippen LogP contribution in [0.5, 0.6) is 0 Å². The Balaban J connectivity index is 2.50. The van der Waals surface area contributed by atoms with E-state index >= 15 is 0 Å². The van der Waals surface area contributed by atoms with Crippen molar-refractivity contribution in [1.82, 2.24) is 0 Å². The second-order valence-corrected chi connectivity index (χ2v) is 5.06. The van der Waals surface area contributed by atoms with E-state index in [1.165, 1.54) is 0 Å². The maximum Gasteiger partial charge on any atom is 0.332 e. The Morgan fingerprint density at radius 2 is 1.88 bits per heavy atom. The van der Waals surface area contributed by atoms with Crippen molar-refractivity contribution in [2.75, 3.05) is 0 Å². The first kappa shape index (κ1) is 11.6. The van der Waals surface area contributed by atoms with Crippen molar-refractivity contribution >= 4 is 11.5 Å². The topological polar surface area (TPSA) is 37.3 Å². The van der Waals surface area contributed by atoms with E-state index in [0.717, 1.165) is 11.1 Å². The minimum atomic E-state index is -0.818. The molecule has 0 heterocycles. The van der Waals surface area contributed by atoms with Crippen LogP contribution in [-0.4, -0.2) is 11.1 Å². The Kier molecular flexibility index (Phi) is 2.88. The molecule has 1 aromatic rings. The van der Waals surface area contributed by atoms with E-state index in [1.54, 1.807) is 0 Å². The van der Waals surface area contributed by atoms with Crippen LogP contribution in [0.4, 0.5) is 0 Å². The first-order valence-corrected chi connectivity index (χ1v) is 5.71. The highest BCUT2D eigenvalue weighted by molar-refractivity contribution is 5.99. The van der Waals surface area contributed by atoms with Gasteiger partial charge in [-0.3, -0.25) is 0 Å². The summed E-state index contributed by atoms with van der Waals surface area (Å²) in [5, 5.41) is 9.31. The lowest BCUT2D eigenvalue weighted by molar-refractivity contribution is -0.132. The zero-order valence-corrected chi connectivity index (χ0v) is 10.1. The number of hydrogen-bond acceptors (Lipinski definition) is 1. The molecule has 1 aromatic carbocycles. The van der Waals surface area contributed by atoms with Crippen LogP contribution >= 0.6 is 0 Å². The van der Waals surface area contributed by atoms with Crippen molar-refractivity contribution < 1.29 is 9.90 Å². The maximum absolute atomic E-state index is 11.3. The lowest BCUT2D eigenvalue weighted by Gasteiger charge is -2.26. The standard InChI is InChI=1S/C15H16O2/c1-15(2)9-8-12(13(10-15)14(16)17)11-6-4-3-5-7-11/h3-9H,10H2,1-2H3,(H,16,17). The summed E-state index contributed by atoms with van der Waals surface area (Å²) in [6.45, 7) is 4.10. The number of carbonyl (C=O) groups is 1. The molecule has 0 spiro atoms. The molecule has 2 heteroatoms. The van der Waals surface area contributed by atoms with Crippen molar-refractivity contribution in [2.45, 2.75) is 20.3 Å². The Bertz CT molecular complexity index is 493. The molecule has 17 heavy (non-hydrogen) atoms. The molecule has 1 aliphatic carbocycles. The van der Waals surface area contributed by atoms with Gasteiger partial charge in [-0.2, -0.15) is 0 Å². The van der Waals surface area contributed by atoms with Crippen molar-refractivity contribution in [2.24, 2.45) is 5.41 Å². The van der Waals surface area contributed by atoms with Gasteiger partial charge in [-0.15, -0.1) is 0 Å². The van der Waals surface area contributed by atoms with Gasteiger partial charge in [0.1, 0.15) is 0 Å². The van der Waals surface area contributed by atoms with Gasteiger partial charge in [0, 0.05) is 5.57 Å². The highest BCUT2D eigenvalue weighted by Gasteiger charge is 2.26. The average molecular weight is 228 g/mol. The van der Waals surface area contributed by atoms with Gasteiger partial charge >= 0.3 is 5.97 Å². The fraction of sp³-hybridized carbons (Fsp3) is 0.267. The summed E-state index contributed by atoms with van der Waals surface area (Å²) < 4.78 is 0. The molecule has 0 fully saturated rings. The van der Waals surface area contributed by atoms with Gasteiger partial charge in [0.15, 0.2) is 0 Å². The third-order valence-electron chi connectivity index (χ3n) is 3.00. The van der Waals surface area contributed by atoms with Gasteiger partial charge in [-0.25, -0.2) is 4.79 Å². The Morgan fingerprint density at radius 3 is 2.47 bits per heavy atom. The molecule has 0 aliphatic heterocycles. The summed E-state index contributed by atoms with van der Waals surface area (Å²) >= 11 is 0. The number of allylic oxidation sites excluding steroid dienone is 3. The molecular formula is C15H16O2. The van der Waals surface area contributed by atoms with E-state index in [0.29, 0.717) is 12.0 Å². The maximum atomic E-state index is 11.3. The molecule has 2 nitrogen and oxygen atoms in total. The molecule has 0 bridgehead atoms. The van der Waals surface area contributed by atoms with Crippen LogP contribution in [0, 0.1) is 5.41 Å². The normalized spacial score (nSPS) is 18.2. The minimum Gasteiger partial charge on any atom is -0.478 e. The molecule has 0 radical (unpaired) electrons. The van der Waals surface area contributed by atoms with Gasteiger partial charge in [0.2, 0.25) is 0 Å². The second-order valence-electron chi connectivity index (χ2n) is 5.06. The highest BCUT2D eigenvalue weighted by atomic mass is 16.4. The summed E-state index contributed by atoms with van der Waals surface area (Å²) in [6, 6.07) is 9.67. The van der Waals surface area contributed by atoms with Crippen LogP contribution in [0.1, 0.15) is 25.8 Å². The molecule has 2 rings (SSSR count). The number of carboxylic acid groups (broad SMARTS) is 1. The average Bonchev–Trinajstić information content (AvgIpc) is 2.29. The zero-order valence-electron chi connectivity index (χ0n) is 10.1. The number of benzene rings is 1. The summed E-state index contributed by atoms with van der Waals surface area (Å²) in [5.41, 5.74) is 2.23. The first-order chi connectivity index (χ1) is 7.99. The quantitative estimate of drug-likeness (QED) is 0.841. The molecule has 0 atom stereocenters. The summed E-state index contributed by atoms with van der Waals surface area (Å²) in [5.74, 6) is -0.818. The zero-order chi connectivity index (χ0) is 12.5. The smallest absolute Gasteiger partial charge is 0.332 e. The van der Waals surface area contributed by atoms with Crippen LogP contribution in [0.2, 0.25) is 0 Å². The van der Waals surface area contributed by atoms with Gasteiger partial charge in [0.05, 0.1) is 0 Å². The van der Waals surface area contributed by atoms with Gasteiger partial charge in [0.25, 0.3) is 0 Å². The van der Waals surface area contributed by atoms with E-state index in [9.17, 15) is 9.90 Å². The van der Waals surface area contributed by atoms with Gasteiger partial charge in [-0.05, 0) is 23.0 Å². The third kappa shape index (κ3) is 2.47. The Morgan fingerprint density at radius 1 is 1.24 bits per heavy atom. The Labute approximate surface area is 101 Å². The summed E-state index contributed by atoms with van der Waals surface area (Å²) in [6.07, 6.45) is 4.59. The first-order valence-electron chi connectivity index (χ1n) is 5.71. The van der Waals surface area contributed by atoms with Gasteiger partial charge < -0.3 is 5.11 Å². The fourth-order valence-electron chi connectivity index (χ4n) is 2.10. The Hall–Kier alpha value is -1.83. The fourth-order valence-corrected chi connectivity index (χ4v) is 2.10. The van der Waals surface area contributed by atoms with E-state index in [4.69, 9.17) is 0 Å². The lowest BCUT2D eigenvalue weighted by Crippen LogP contribution is -2.18. The van der Waals surface area contributed by atoms with Crippen LogP contribution in [0.3, 0.4) is 0 Å². The molecule has 0 saturated heterocycles. The third-order valence-corrected chi connectivity index (χ3v) is 3.00. The predicted molar refractivity (Wildman–Crippen MR) is 68.5 cm³/mol. The lowest BCUT2D eigenvalue weighted by atomic mass is 9.78. The van der Waals surface area contributed by atoms with E-state index in [1.807, 2.05) is 50.3 Å². The highest BCUT2D eigenvalue weighted by Crippen LogP contribution is 2.37. The van der Waals surface area contributed by atoms with Crippen molar-refractivity contribution in [3.05, 3.63) is 53.6 Å². The van der Waals surface area contributed by atoms with Crippen molar-refractivity contribution in [3.8, 4) is 0 Å². The predicted octanol–water partition coefficient (Wildman–Crippen LogP) is 3.51. The van der Waals surface area contributed by atoms with E-state index < -0.39 is 5.97 Å². The monoisotopic (exact) mass is 228 g/mol. The summed E-state index contributed by atoms with van der Waals surface area (Å²) in [7, 11) is 0. The minimum absolute atomic E-state index is 0.0774. The van der Waals surface area contributed by atoms with Crippen LogP contribution < -0.4 is 0 Å². The molecule has 0 amide bonds. The number of hydrogen-bond donors (Lipinski definition) is 1. The molecular weight excluding hydrogens is 212 g/mol. The largest absolute Gasteiger partial charge is 0.478 e. The molecule has 0 saturated carbocycles. The van der Waals surface area contributed by atoms with Gasteiger partial charge in [-0.1, -0.05) is 56.3 Å². The van der Waals surface area contributed by atoms with Crippen LogP contribution in [0.15, 0.2) is 48.1 Å². The molecule has 1 aliphatic rings. The molecule has 88 valence electrons. The molecule has 1 N–H and O–H groups in total. The van der Waals surface area contributed by atoms with Crippen LogP contribution in [0.25, 0.3) is 5.57 Å².